The van der Waals surface area contributed by atoms with Crippen LogP contribution < -0.4 is 20.5 Å². The second-order valence-corrected chi connectivity index (χ2v) is 5.78. The van der Waals surface area contributed by atoms with Crippen LogP contribution in [0.25, 0.3) is 0 Å². The molecule has 2 rings (SSSR count). The maximum Gasteiger partial charge on any atom is 0.227 e. The molecule has 1 aromatic rings. The van der Waals surface area contributed by atoms with Gasteiger partial charge in [0.1, 0.15) is 11.5 Å². The molecule has 0 saturated carbocycles. The number of nitrogens with two attached hydrogens (primary N) is 1. The second kappa shape index (κ2) is 8.17. The Morgan fingerprint density at radius 1 is 1.30 bits per heavy atom. The van der Waals surface area contributed by atoms with Gasteiger partial charge in [-0.15, -0.1) is 0 Å². The molecule has 0 aliphatic carbocycles. The van der Waals surface area contributed by atoms with Crippen molar-refractivity contribution < 1.29 is 19.0 Å². The van der Waals surface area contributed by atoms with Crippen LogP contribution in [0.3, 0.4) is 0 Å². The highest BCUT2D eigenvalue weighted by Crippen LogP contribution is 2.29. The molecule has 0 radical (unpaired) electrons. The summed E-state index contributed by atoms with van der Waals surface area (Å²) in [7, 11) is 3.26. The van der Waals surface area contributed by atoms with Crippen molar-refractivity contribution in [2.75, 3.05) is 40.5 Å². The van der Waals surface area contributed by atoms with Crippen LogP contribution in [-0.2, 0) is 16.0 Å². The fourth-order valence-electron chi connectivity index (χ4n) is 2.86. The summed E-state index contributed by atoms with van der Waals surface area (Å²) < 4.78 is 15.9. The summed E-state index contributed by atoms with van der Waals surface area (Å²) in [4.78, 5) is 12.5. The van der Waals surface area contributed by atoms with Crippen LogP contribution in [0.4, 0.5) is 0 Å². The fourth-order valence-corrected chi connectivity index (χ4v) is 2.86. The van der Waals surface area contributed by atoms with E-state index in [0.717, 1.165) is 17.1 Å². The lowest BCUT2D eigenvalue weighted by molar-refractivity contribution is -0.135. The zero-order chi connectivity index (χ0) is 16.7. The van der Waals surface area contributed by atoms with E-state index in [4.69, 9.17) is 19.9 Å². The summed E-state index contributed by atoms with van der Waals surface area (Å²) >= 11 is 0. The Balaban J connectivity index is 1.95. The number of ether oxygens (including phenoxy) is 3. The number of hydrogen-bond acceptors (Lipinski definition) is 5. The number of carbonyl (C=O) groups is 1. The molecule has 6 heteroatoms. The molecule has 128 valence electrons. The molecule has 0 bridgehead atoms. The molecule has 0 aromatic heterocycles. The lowest BCUT2D eigenvalue weighted by atomic mass is 9.79. The van der Waals surface area contributed by atoms with Gasteiger partial charge in [0.15, 0.2) is 0 Å². The molecule has 1 amide bonds. The first-order valence-electron chi connectivity index (χ1n) is 7.92. The molecule has 1 aliphatic heterocycles. The van der Waals surface area contributed by atoms with Gasteiger partial charge in [-0.2, -0.15) is 0 Å². The molecule has 1 heterocycles. The van der Waals surface area contributed by atoms with Crippen molar-refractivity contribution >= 4 is 5.91 Å². The van der Waals surface area contributed by atoms with Gasteiger partial charge in [0, 0.05) is 26.3 Å². The quantitative estimate of drug-likeness (QED) is 0.786. The molecule has 1 saturated heterocycles. The van der Waals surface area contributed by atoms with Crippen LogP contribution in [0.1, 0.15) is 18.4 Å². The summed E-state index contributed by atoms with van der Waals surface area (Å²) in [5, 5.41) is 3.01. The van der Waals surface area contributed by atoms with Gasteiger partial charge in [-0.1, -0.05) is 0 Å². The van der Waals surface area contributed by atoms with Gasteiger partial charge in [-0.3, -0.25) is 4.79 Å². The van der Waals surface area contributed by atoms with Crippen LogP contribution in [0, 0.1) is 5.41 Å². The summed E-state index contributed by atoms with van der Waals surface area (Å²) in [6, 6.07) is 5.65. The number of rotatable bonds is 7. The van der Waals surface area contributed by atoms with Crippen LogP contribution in [-0.4, -0.2) is 46.4 Å². The highest BCUT2D eigenvalue weighted by atomic mass is 16.5. The Bertz CT molecular complexity index is 527. The van der Waals surface area contributed by atoms with E-state index in [1.807, 2.05) is 18.2 Å². The predicted molar refractivity (Wildman–Crippen MR) is 87.8 cm³/mol. The van der Waals surface area contributed by atoms with E-state index >= 15 is 0 Å². The average Bonchev–Trinajstić information content (AvgIpc) is 2.61. The Labute approximate surface area is 137 Å². The molecule has 0 atom stereocenters. The number of amides is 1. The normalized spacial score (nSPS) is 16.7. The minimum Gasteiger partial charge on any atom is -0.497 e. The van der Waals surface area contributed by atoms with Gasteiger partial charge in [-0.25, -0.2) is 0 Å². The number of nitrogens with one attached hydrogen (secondary N) is 1. The Morgan fingerprint density at radius 2 is 2.04 bits per heavy atom. The van der Waals surface area contributed by atoms with Crippen LogP contribution in [0.5, 0.6) is 11.5 Å². The molecule has 6 nitrogen and oxygen atoms in total. The zero-order valence-electron chi connectivity index (χ0n) is 13.9. The number of benzene rings is 1. The molecule has 23 heavy (non-hydrogen) atoms. The molecule has 0 spiro atoms. The van der Waals surface area contributed by atoms with Crippen molar-refractivity contribution in [1.29, 1.82) is 0 Å². The van der Waals surface area contributed by atoms with Crippen molar-refractivity contribution in [2.45, 2.75) is 19.3 Å². The van der Waals surface area contributed by atoms with Crippen molar-refractivity contribution in [2.24, 2.45) is 11.1 Å². The molecule has 1 fully saturated rings. The lowest BCUT2D eigenvalue weighted by Gasteiger charge is -2.34. The highest BCUT2D eigenvalue weighted by molar-refractivity contribution is 5.83. The minimum atomic E-state index is -0.489. The SMILES string of the molecule is COc1ccc(OC)c(CCNC(=O)C2(CN)CCOCC2)c1. The maximum absolute atomic E-state index is 12.5. The van der Waals surface area contributed by atoms with E-state index in [0.29, 0.717) is 45.6 Å². The fraction of sp³-hybridized carbons (Fsp3) is 0.588. The van der Waals surface area contributed by atoms with Gasteiger partial charge >= 0.3 is 0 Å². The lowest BCUT2D eigenvalue weighted by Crippen LogP contribution is -2.49. The van der Waals surface area contributed by atoms with Crippen molar-refractivity contribution in [3.05, 3.63) is 23.8 Å². The number of carbonyl (C=O) groups excluding carboxylic acids is 1. The van der Waals surface area contributed by atoms with E-state index in [2.05, 4.69) is 5.32 Å². The first kappa shape index (κ1) is 17.6. The van der Waals surface area contributed by atoms with Crippen LogP contribution >= 0.6 is 0 Å². The number of hydrogen-bond donors (Lipinski definition) is 2. The van der Waals surface area contributed by atoms with Gasteiger partial charge < -0.3 is 25.3 Å². The van der Waals surface area contributed by atoms with Gasteiger partial charge in [-0.05, 0) is 43.0 Å². The predicted octanol–water partition coefficient (Wildman–Crippen LogP) is 1.12. The van der Waals surface area contributed by atoms with E-state index < -0.39 is 5.41 Å². The van der Waals surface area contributed by atoms with Gasteiger partial charge in [0.05, 0.1) is 19.6 Å². The van der Waals surface area contributed by atoms with Gasteiger partial charge in [0.25, 0.3) is 0 Å². The smallest absolute Gasteiger partial charge is 0.227 e. The number of methoxy groups -OCH3 is 2. The second-order valence-electron chi connectivity index (χ2n) is 5.78. The molecule has 3 N–H and O–H groups in total. The molecular formula is C17H26N2O4. The molecule has 0 unspecified atom stereocenters. The molecule has 1 aliphatic rings. The summed E-state index contributed by atoms with van der Waals surface area (Å²) in [5.74, 6) is 1.58. The van der Waals surface area contributed by atoms with Crippen LogP contribution in [0.15, 0.2) is 18.2 Å². The monoisotopic (exact) mass is 322 g/mol. The van der Waals surface area contributed by atoms with E-state index in [1.165, 1.54) is 0 Å². The third-order valence-corrected chi connectivity index (χ3v) is 4.49. The maximum atomic E-state index is 12.5. The first-order chi connectivity index (χ1) is 11.1. The van der Waals surface area contributed by atoms with E-state index in [-0.39, 0.29) is 5.91 Å². The Kier molecular flexibility index (Phi) is 6.24. The zero-order valence-corrected chi connectivity index (χ0v) is 13.9. The third kappa shape index (κ3) is 4.14. The van der Waals surface area contributed by atoms with Gasteiger partial charge in [0.2, 0.25) is 5.91 Å². The Hall–Kier alpha value is -1.79. The summed E-state index contributed by atoms with van der Waals surface area (Å²) in [5.41, 5.74) is 6.36. The standard InChI is InChI=1S/C17H26N2O4/c1-21-14-3-4-15(22-2)13(11-14)5-8-19-16(20)17(12-18)6-9-23-10-7-17/h3-4,11H,5-10,12,18H2,1-2H3,(H,19,20). The summed E-state index contributed by atoms with van der Waals surface area (Å²) in [6.45, 7) is 2.07. The van der Waals surface area contributed by atoms with E-state index in [9.17, 15) is 4.79 Å². The molecule has 1 aromatic carbocycles. The largest absolute Gasteiger partial charge is 0.497 e. The minimum absolute atomic E-state index is 0.0187. The van der Waals surface area contributed by atoms with Crippen LogP contribution in [0.2, 0.25) is 0 Å². The van der Waals surface area contributed by atoms with Crippen molar-refractivity contribution in [3.8, 4) is 11.5 Å². The topological polar surface area (TPSA) is 82.8 Å². The first-order valence-corrected chi connectivity index (χ1v) is 7.92. The highest BCUT2D eigenvalue weighted by Gasteiger charge is 2.38. The average molecular weight is 322 g/mol. The third-order valence-electron chi connectivity index (χ3n) is 4.49. The summed E-state index contributed by atoms with van der Waals surface area (Å²) in [6.07, 6.45) is 2.03. The molecular weight excluding hydrogens is 296 g/mol. The van der Waals surface area contributed by atoms with Crippen molar-refractivity contribution in [1.82, 2.24) is 5.32 Å². The van der Waals surface area contributed by atoms with Crippen molar-refractivity contribution in [3.63, 3.8) is 0 Å². The Morgan fingerprint density at radius 3 is 2.65 bits per heavy atom. The van der Waals surface area contributed by atoms with E-state index in [1.54, 1.807) is 14.2 Å².